The van der Waals surface area contributed by atoms with Crippen molar-refractivity contribution in [1.29, 1.82) is 0 Å². The van der Waals surface area contributed by atoms with Crippen molar-refractivity contribution in [3.05, 3.63) is 52.0 Å². The SMILES string of the molecule is Cc1ccc(NCc2ncncc2C(=O)O)c(Br)c1. The second kappa shape index (κ2) is 5.79. The van der Waals surface area contributed by atoms with Crippen LogP contribution in [0.1, 0.15) is 21.6 Å². The molecule has 2 N–H and O–H groups in total. The van der Waals surface area contributed by atoms with Crippen LogP contribution in [0.4, 0.5) is 5.69 Å². The van der Waals surface area contributed by atoms with Crippen LogP contribution < -0.4 is 5.32 Å². The minimum Gasteiger partial charge on any atom is -0.478 e. The molecule has 2 rings (SSSR count). The summed E-state index contributed by atoms with van der Waals surface area (Å²) in [5.41, 5.74) is 2.60. The fraction of sp³-hybridized carbons (Fsp3) is 0.154. The molecule has 0 fully saturated rings. The summed E-state index contributed by atoms with van der Waals surface area (Å²) in [5.74, 6) is -1.03. The van der Waals surface area contributed by atoms with Crippen LogP contribution in [0.5, 0.6) is 0 Å². The fourth-order valence-electron chi connectivity index (χ4n) is 1.62. The van der Waals surface area contributed by atoms with E-state index in [0.717, 1.165) is 15.7 Å². The molecular weight excluding hydrogens is 310 g/mol. The van der Waals surface area contributed by atoms with E-state index < -0.39 is 5.97 Å². The molecule has 0 unspecified atom stereocenters. The topological polar surface area (TPSA) is 75.1 Å². The molecule has 6 heteroatoms. The Balaban J connectivity index is 2.17. The van der Waals surface area contributed by atoms with Gasteiger partial charge in [-0.1, -0.05) is 6.07 Å². The first-order valence-electron chi connectivity index (χ1n) is 5.60. The molecule has 5 nitrogen and oxygen atoms in total. The third-order valence-corrected chi connectivity index (χ3v) is 3.25. The number of carboxylic acids is 1. The number of carboxylic acid groups (broad SMARTS) is 1. The Morgan fingerprint density at radius 1 is 1.47 bits per heavy atom. The third-order valence-electron chi connectivity index (χ3n) is 2.60. The van der Waals surface area contributed by atoms with Gasteiger partial charge in [0, 0.05) is 16.4 Å². The summed E-state index contributed by atoms with van der Waals surface area (Å²) in [6.07, 6.45) is 2.64. The maximum Gasteiger partial charge on any atom is 0.339 e. The molecule has 0 aliphatic rings. The second-order valence-electron chi connectivity index (χ2n) is 4.03. The highest BCUT2D eigenvalue weighted by atomic mass is 79.9. The van der Waals surface area contributed by atoms with Crippen LogP contribution in [0.15, 0.2) is 35.2 Å². The molecule has 0 amide bonds. The molecule has 1 aromatic carbocycles. The molecular formula is C13H12BrN3O2. The molecule has 0 saturated carbocycles. The van der Waals surface area contributed by atoms with E-state index in [1.54, 1.807) is 0 Å². The minimum absolute atomic E-state index is 0.109. The first-order valence-corrected chi connectivity index (χ1v) is 6.39. The summed E-state index contributed by atoms with van der Waals surface area (Å²) >= 11 is 3.46. The van der Waals surface area contributed by atoms with E-state index in [1.165, 1.54) is 12.5 Å². The molecule has 0 radical (unpaired) electrons. The molecule has 1 aromatic heterocycles. The molecule has 0 aliphatic heterocycles. The maximum absolute atomic E-state index is 11.0. The standard InChI is InChI=1S/C13H12BrN3O2/c1-8-2-3-11(10(14)4-8)16-6-12-9(13(18)19)5-15-7-17-12/h2-5,7,16H,6H2,1H3,(H,18,19). The van der Waals surface area contributed by atoms with E-state index in [4.69, 9.17) is 5.11 Å². The van der Waals surface area contributed by atoms with Crippen LogP contribution >= 0.6 is 15.9 Å². The van der Waals surface area contributed by atoms with Crippen LogP contribution in [-0.4, -0.2) is 21.0 Å². The number of rotatable bonds is 4. The van der Waals surface area contributed by atoms with Crippen molar-refractivity contribution in [2.75, 3.05) is 5.32 Å². The average molecular weight is 322 g/mol. The first kappa shape index (κ1) is 13.5. The van der Waals surface area contributed by atoms with Gasteiger partial charge in [-0.2, -0.15) is 0 Å². The summed E-state index contributed by atoms with van der Waals surface area (Å²) < 4.78 is 0.929. The Morgan fingerprint density at radius 3 is 2.95 bits per heavy atom. The van der Waals surface area contributed by atoms with E-state index in [2.05, 4.69) is 31.2 Å². The lowest BCUT2D eigenvalue weighted by Crippen LogP contribution is -2.10. The monoisotopic (exact) mass is 321 g/mol. The molecule has 0 atom stereocenters. The van der Waals surface area contributed by atoms with Crippen LogP contribution in [0, 0.1) is 6.92 Å². The lowest BCUT2D eigenvalue weighted by atomic mass is 10.2. The predicted molar refractivity (Wildman–Crippen MR) is 75.2 cm³/mol. The summed E-state index contributed by atoms with van der Waals surface area (Å²) in [6.45, 7) is 2.33. The minimum atomic E-state index is -1.03. The Kier molecular flexibility index (Phi) is 4.11. The van der Waals surface area contributed by atoms with E-state index in [0.29, 0.717) is 12.2 Å². The van der Waals surface area contributed by atoms with Crippen molar-refractivity contribution in [3.8, 4) is 0 Å². The molecule has 2 aromatic rings. The number of anilines is 1. The zero-order chi connectivity index (χ0) is 13.8. The van der Waals surface area contributed by atoms with Crippen molar-refractivity contribution in [1.82, 2.24) is 9.97 Å². The van der Waals surface area contributed by atoms with Crippen LogP contribution in [0.2, 0.25) is 0 Å². The number of nitrogens with one attached hydrogen (secondary N) is 1. The largest absolute Gasteiger partial charge is 0.478 e. The first-order chi connectivity index (χ1) is 9.08. The van der Waals surface area contributed by atoms with Gasteiger partial charge in [0.05, 0.1) is 12.2 Å². The average Bonchev–Trinajstić information content (AvgIpc) is 2.38. The van der Waals surface area contributed by atoms with Crippen molar-refractivity contribution in [2.45, 2.75) is 13.5 Å². The van der Waals surface area contributed by atoms with Gasteiger partial charge in [0.1, 0.15) is 11.9 Å². The number of hydrogen-bond acceptors (Lipinski definition) is 4. The molecule has 0 spiro atoms. The highest BCUT2D eigenvalue weighted by molar-refractivity contribution is 9.10. The van der Waals surface area contributed by atoms with Crippen LogP contribution in [-0.2, 0) is 6.54 Å². The number of benzene rings is 1. The Morgan fingerprint density at radius 2 is 2.26 bits per heavy atom. The Labute approximate surface area is 118 Å². The fourth-order valence-corrected chi connectivity index (χ4v) is 2.25. The molecule has 19 heavy (non-hydrogen) atoms. The second-order valence-corrected chi connectivity index (χ2v) is 4.88. The number of aryl methyl sites for hydroxylation is 1. The van der Waals surface area contributed by atoms with Gasteiger partial charge in [-0.05, 0) is 40.5 Å². The van der Waals surface area contributed by atoms with Gasteiger partial charge in [-0.3, -0.25) is 0 Å². The van der Waals surface area contributed by atoms with E-state index in [1.807, 2.05) is 25.1 Å². The van der Waals surface area contributed by atoms with Crippen LogP contribution in [0.3, 0.4) is 0 Å². The lowest BCUT2D eigenvalue weighted by Gasteiger charge is -2.10. The smallest absolute Gasteiger partial charge is 0.339 e. The molecule has 0 aliphatic carbocycles. The lowest BCUT2D eigenvalue weighted by molar-refractivity contribution is 0.0694. The zero-order valence-corrected chi connectivity index (χ0v) is 11.8. The predicted octanol–water partition coefficient (Wildman–Crippen LogP) is 2.86. The summed E-state index contributed by atoms with van der Waals surface area (Å²) in [7, 11) is 0. The number of nitrogens with zero attached hydrogens (tertiary/aromatic N) is 2. The van der Waals surface area contributed by atoms with Crippen molar-refractivity contribution in [3.63, 3.8) is 0 Å². The van der Waals surface area contributed by atoms with Gasteiger partial charge < -0.3 is 10.4 Å². The molecule has 0 bridgehead atoms. The van der Waals surface area contributed by atoms with Crippen LogP contribution in [0.25, 0.3) is 0 Å². The van der Waals surface area contributed by atoms with E-state index in [-0.39, 0.29) is 5.56 Å². The Bertz CT molecular complexity index is 617. The van der Waals surface area contributed by atoms with Crippen molar-refractivity contribution in [2.24, 2.45) is 0 Å². The van der Waals surface area contributed by atoms with Gasteiger partial charge in [0.2, 0.25) is 0 Å². The van der Waals surface area contributed by atoms with Gasteiger partial charge in [0.25, 0.3) is 0 Å². The van der Waals surface area contributed by atoms with Gasteiger partial charge >= 0.3 is 5.97 Å². The number of aromatic nitrogens is 2. The Hall–Kier alpha value is -1.95. The molecule has 98 valence electrons. The number of aromatic carboxylic acids is 1. The maximum atomic E-state index is 11.0. The van der Waals surface area contributed by atoms with Gasteiger partial charge in [-0.25, -0.2) is 14.8 Å². The number of carbonyl (C=O) groups is 1. The highest BCUT2D eigenvalue weighted by Crippen LogP contribution is 2.23. The van der Waals surface area contributed by atoms with E-state index in [9.17, 15) is 4.79 Å². The third kappa shape index (κ3) is 3.29. The highest BCUT2D eigenvalue weighted by Gasteiger charge is 2.11. The number of hydrogen-bond donors (Lipinski definition) is 2. The van der Waals surface area contributed by atoms with Crippen molar-refractivity contribution < 1.29 is 9.90 Å². The quantitative estimate of drug-likeness (QED) is 0.905. The zero-order valence-electron chi connectivity index (χ0n) is 10.2. The van der Waals surface area contributed by atoms with Gasteiger partial charge in [-0.15, -0.1) is 0 Å². The summed E-state index contributed by atoms with van der Waals surface area (Å²) in [4.78, 5) is 18.7. The molecule has 1 heterocycles. The van der Waals surface area contributed by atoms with Crippen molar-refractivity contribution >= 4 is 27.6 Å². The van der Waals surface area contributed by atoms with E-state index >= 15 is 0 Å². The summed E-state index contributed by atoms with van der Waals surface area (Å²) in [6, 6.07) is 5.90. The van der Waals surface area contributed by atoms with Gasteiger partial charge in [0.15, 0.2) is 0 Å². The normalized spacial score (nSPS) is 10.2. The number of halogens is 1. The molecule has 0 saturated heterocycles. The summed E-state index contributed by atoms with van der Waals surface area (Å²) in [5, 5.41) is 12.2.